The zero-order chi connectivity index (χ0) is 15.9. The number of aromatic nitrogens is 2. The predicted octanol–water partition coefficient (Wildman–Crippen LogP) is 4.76. The van der Waals surface area contributed by atoms with Crippen molar-refractivity contribution < 1.29 is 9.53 Å². The summed E-state index contributed by atoms with van der Waals surface area (Å²) in [5, 5.41) is 1.60. The minimum absolute atomic E-state index is 0.325. The minimum atomic E-state index is -0.387. The molecular formula is C15H10Cl2N2O2S. The summed E-state index contributed by atoms with van der Waals surface area (Å²) in [7, 11) is 1.34. The van der Waals surface area contributed by atoms with Crippen LogP contribution < -0.4 is 0 Å². The van der Waals surface area contributed by atoms with Crippen LogP contribution >= 0.6 is 34.5 Å². The Labute approximate surface area is 140 Å². The highest BCUT2D eigenvalue weighted by Gasteiger charge is 2.15. The number of thiophene rings is 1. The molecule has 0 saturated carbocycles. The van der Waals surface area contributed by atoms with Crippen molar-refractivity contribution in [3.05, 3.63) is 44.9 Å². The summed E-state index contributed by atoms with van der Waals surface area (Å²) in [6.07, 6.45) is 0. The number of benzene rings is 1. The Morgan fingerprint density at radius 2 is 1.86 bits per heavy atom. The SMILES string of the molecule is COC(=O)c1ccc(-c2nc(Cl)c3c(Cl)c(C)sc3n2)cc1. The predicted molar refractivity (Wildman–Crippen MR) is 88.9 cm³/mol. The van der Waals surface area contributed by atoms with Crippen LogP contribution in [0.5, 0.6) is 0 Å². The molecule has 3 rings (SSSR count). The van der Waals surface area contributed by atoms with Gasteiger partial charge >= 0.3 is 5.97 Å². The van der Waals surface area contributed by atoms with Gasteiger partial charge in [0.15, 0.2) is 5.82 Å². The van der Waals surface area contributed by atoms with E-state index < -0.39 is 0 Å². The molecular weight excluding hydrogens is 343 g/mol. The van der Waals surface area contributed by atoms with Crippen molar-refractivity contribution in [3.8, 4) is 11.4 Å². The fourth-order valence-corrected chi connectivity index (χ4v) is 3.67. The molecule has 2 heterocycles. The van der Waals surface area contributed by atoms with E-state index in [9.17, 15) is 4.79 Å². The molecule has 0 atom stereocenters. The first-order valence-corrected chi connectivity index (χ1v) is 7.89. The van der Waals surface area contributed by atoms with E-state index in [-0.39, 0.29) is 5.97 Å². The normalized spacial score (nSPS) is 10.9. The van der Waals surface area contributed by atoms with E-state index >= 15 is 0 Å². The number of carbonyl (C=O) groups is 1. The maximum atomic E-state index is 11.4. The highest BCUT2D eigenvalue weighted by Crippen LogP contribution is 2.38. The maximum absolute atomic E-state index is 11.4. The molecule has 4 nitrogen and oxygen atoms in total. The first-order valence-electron chi connectivity index (χ1n) is 6.32. The van der Waals surface area contributed by atoms with Gasteiger partial charge in [0.2, 0.25) is 0 Å². The average molecular weight is 353 g/mol. The fraction of sp³-hybridized carbons (Fsp3) is 0.133. The van der Waals surface area contributed by atoms with Crippen molar-refractivity contribution in [3.63, 3.8) is 0 Å². The lowest BCUT2D eigenvalue weighted by atomic mass is 10.1. The molecule has 0 aliphatic heterocycles. The third-order valence-electron chi connectivity index (χ3n) is 3.17. The average Bonchev–Trinajstić information content (AvgIpc) is 2.81. The minimum Gasteiger partial charge on any atom is -0.465 e. The monoisotopic (exact) mass is 352 g/mol. The van der Waals surface area contributed by atoms with E-state index in [2.05, 4.69) is 14.7 Å². The molecule has 0 unspecified atom stereocenters. The summed E-state index contributed by atoms with van der Waals surface area (Å²) in [6.45, 7) is 1.91. The van der Waals surface area contributed by atoms with E-state index in [1.807, 2.05) is 6.92 Å². The number of rotatable bonds is 2. The van der Waals surface area contributed by atoms with E-state index in [0.717, 1.165) is 15.3 Å². The van der Waals surface area contributed by atoms with Crippen LogP contribution in [0.3, 0.4) is 0 Å². The van der Waals surface area contributed by atoms with E-state index in [1.165, 1.54) is 18.4 Å². The lowest BCUT2D eigenvalue weighted by Crippen LogP contribution is -2.00. The number of methoxy groups -OCH3 is 1. The number of aryl methyl sites for hydroxylation is 1. The van der Waals surface area contributed by atoms with Gasteiger partial charge in [-0.05, 0) is 19.1 Å². The third kappa shape index (κ3) is 2.56. The van der Waals surface area contributed by atoms with Crippen molar-refractivity contribution in [1.29, 1.82) is 0 Å². The third-order valence-corrected chi connectivity index (χ3v) is 5.03. The molecule has 0 spiro atoms. The molecule has 0 bridgehead atoms. The van der Waals surface area contributed by atoms with E-state index in [4.69, 9.17) is 23.2 Å². The highest BCUT2D eigenvalue weighted by atomic mass is 35.5. The molecule has 0 amide bonds. The number of esters is 1. The smallest absolute Gasteiger partial charge is 0.337 e. The second-order valence-corrected chi connectivity index (χ2v) is 6.50. The lowest BCUT2D eigenvalue weighted by molar-refractivity contribution is 0.0601. The van der Waals surface area contributed by atoms with Crippen LogP contribution in [0.2, 0.25) is 10.2 Å². The Bertz CT molecular complexity index is 875. The Morgan fingerprint density at radius 1 is 1.18 bits per heavy atom. The molecule has 0 saturated heterocycles. The van der Waals surface area contributed by atoms with Crippen molar-refractivity contribution >= 4 is 50.7 Å². The number of hydrogen-bond donors (Lipinski definition) is 0. The van der Waals surface area contributed by atoms with Crippen molar-refractivity contribution in [2.75, 3.05) is 7.11 Å². The molecule has 0 aliphatic carbocycles. The van der Waals surface area contributed by atoms with Gasteiger partial charge in [-0.25, -0.2) is 14.8 Å². The van der Waals surface area contributed by atoms with E-state index in [0.29, 0.717) is 26.9 Å². The topological polar surface area (TPSA) is 52.1 Å². The summed E-state index contributed by atoms with van der Waals surface area (Å²) < 4.78 is 4.67. The zero-order valence-corrected chi connectivity index (χ0v) is 14.0. The summed E-state index contributed by atoms with van der Waals surface area (Å²) in [5.41, 5.74) is 1.23. The van der Waals surface area contributed by atoms with E-state index in [1.54, 1.807) is 24.3 Å². The molecule has 0 radical (unpaired) electrons. The van der Waals surface area contributed by atoms with Crippen LogP contribution in [-0.4, -0.2) is 23.0 Å². The lowest BCUT2D eigenvalue weighted by Gasteiger charge is -2.03. The molecule has 0 fully saturated rings. The Hall–Kier alpha value is -1.69. The maximum Gasteiger partial charge on any atom is 0.337 e. The second-order valence-electron chi connectivity index (χ2n) is 4.56. The fourth-order valence-electron chi connectivity index (χ4n) is 2.04. The van der Waals surface area contributed by atoms with Crippen LogP contribution in [0.25, 0.3) is 21.6 Å². The molecule has 7 heteroatoms. The Balaban J connectivity index is 2.08. The standard InChI is InChI=1S/C15H10Cl2N2O2S/c1-7-11(16)10-12(17)18-13(19-14(10)22-7)8-3-5-9(6-4-8)15(20)21-2/h3-6H,1-2H3. The molecule has 112 valence electrons. The molecule has 0 N–H and O–H groups in total. The first kappa shape index (κ1) is 15.2. The first-order chi connectivity index (χ1) is 10.5. The number of hydrogen-bond acceptors (Lipinski definition) is 5. The summed E-state index contributed by atoms with van der Waals surface area (Å²) in [5.74, 6) is 0.105. The quantitative estimate of drug-likeness (QED) is 0.492. The van der Waals surface area contributed by atoms with Gasteiger partial charge < -0.3 is 4.74 Å². The molecule has 22 heavy (non-hydrogen) atoms. The Morgan fingerprint density at radius 3 is 2.50 bits per heavy atom. The zero-order valence-electron chi connectivity index (χ0n) is 11.7. The highest BCUT2D eigenvalue weighted by molar-refractivity contribution is 7.19. The van der Waals surface area contributed by atoms with Gasteiger partial charge in [0.25, 0.3) is 0 Å². The van der Waals surface area contributed by atoms with Gasteiger partial charge in [0.1, 0.15) is 9.98 Å². The van der Waals surface area contributed by atoms with Crippen molar-refractivity contribution in [2.45, 2.75) is 6.92 Å². The number of nitrogens with zero attached hydrogens (tertiary/aromatic N) is 2. The largest absolute Gasteiger partial charge is 0.465 e. The summed E-state index contributed by atoms with van der Waals surface area (Å²) in [6, 6.07) is 6.84. The van der Waals surface area contributed by atoms with Crippen LogP contribution in [0.15, 0.2) is 24.3 Å². The number of fused-ring (bicyclic) bond motifs is 1. The van der Waals surface area contributed by atoms with Crippen LogP contribution in [0, 0.1) is 6.92 Å². The number of halogens is 2. The van der Waals surface area contributed by atoms with Crippen molar-refractivity contribution in [2.24, 2.45) is 0 Å². The van der Waals surface area contributed by atoms with Gasteiger partial charge in [0, 0.05) is 10.4 Å². The summed E-state index contributed by atoms with van der Waals surface area (Å²) >= 11 is 13.9. The van der Waals surface area contributed by atoms with Gasteiger partial charge in [-0.2, -0.15) is 0 Å². The van der Waals surface area contributed by atoms with Crippen molar-refractivity contribution in [1.82, 2.24) is 9.97 Å². The van der Waals surface area contributed by atoms with Crippen LogP contribution in [0.1, 0.15) is 15.2 Å². The van der Waals surface area contributed by atoms with Crippen LogP contribution in [0.4, 0.5) is 0 Å². The second kappa shape index (κ2) is 5.83. The number of ether oxygens (including phenoxy) is 1. The van der Waals surface area contributed by atoms with Gasteiger partial charge in [-0.3, -0.25) is 0 Å². The molecule has 3 aromatic rings. The summed E-state index contributed by atoms with van der Waals surface area (Å²) in [4.78, 5) is 21.9. The molecule has 1 aromatic carbocycles. The van der Waals surface area contributed by atoms with Gasteiger partial charge in [-0.1, -0.05) is 35.3 Å². The van der Waals surface area contributed by atoms with Crippen LogP contribution in [-0.2, 0) is 4.74 Å². The molecule has 2 aromatic heterocycles. The van der Waals surface area contributed by atoms with Gasteiger partial charge in [-0.15, -0.1) is 11.3 Å². The Kier molecular flexibility index (Phi) is 4.04. The number of carbonyl (C=O) groups excluding carboxylic acids is 1. The van der Waals surface area contributed by atoms with Gasteiger partial charge in [0.05, 0.1) is 23.1 Å². The molecule has 0 aliphatic rings.